The van der Waals surface area contributed by atoms with Crippen LogP contribution in [0.1, 0.15) is 30.1 Å². The van der Waals surface area contributed by atoms with Gasteiger partial charge in [-0.1, -0.05) is 5.16 Å². The Morgan fingerprint density at radius 3 is 2.82 bits per heavy atom. The lowest BCUT2D eigenvalue weighted by atomic mass is 10.2. The van der Waals surface area contributed by atoms with Gasteiger partial charge < -0.3 is 30.5 Å². The van der Waals surface area contributed by atoms with Crippen LogP contribution in [0.5, 0.6) is 5.75 Å². The number of aromatic amines is 2. The number of oxime groups is 1. The molecule has 3 heterocycles. The monoisotopic (exact) mass is 451 g/mol. The van der Waals surface area contributed by atoms with E-state index in [4.69, 9.17) is 15.7 Å². The van der Waals surface area contributed by atoms with E-state index in [-0.39, 0.29) is 18.3 Å². The molecule has 2 aromatic heterocycles. The number of nitrogens with two attached hydrogens (primary N) is 1. The molecular weight excluding hydrogens is 429 g/mol. The summed E-state index contributed by atoms with van der Waals surface area (Å²) in [5.41, 5.74) is 8.71. The molecule has 0 atom stereocenters. The molecule has 5 N–H and O–H groups in total. The number of fused-ring (bicyclic) bond motifs is 2. The van der Waals surface area contributed by atoms with Crippen molar-refractivity contribution >= 4 is 33.8 Å². The average Bonchev–Trinajstić information content (AvgIpc) is 3.50. The van der Waals surface area contributed by atoms with Crippen LogP contribution in [0, 0.1) is 5.82 Å². The van der Waals surface area contributed by atoms with Gasteiger partial charge in [-0.2, -0.15) is 0 Å². The molecule has 1 saturated heterocycles. The number of hydrogen-bond donors (Lipinski definition) is 4. The molecule has 0 bridgehead atoms. The van der Waals surface area contributed by atoms with Crippen LogP contribution in [-0.2, 0) is 11.2 Å². The first-order valence-electron chi connectivity index (χ1n) is 10.6. The fourth-order valence-electron chi connectivity index (χ4n) is 4.03. The molecule has 10 nitrogen and oxygen atoms in total. The Morgan fingerprint density at radius 2 is 2.03 bits per heavy atom. The van der Waals surface area contributed by atoms with Gasteiger partial charge >= 0.3 is 0 Å². The summed E-state index contributed by atoms with van der Waals surface area (Å²) in [6.07, 6.45) is 1.78. The molecule has 2 aromatic carbocycles. The molecule has 0 radical (unpaired) electrons. The number of ether oxygens (including phenoxy) is 1. The highest BCUT2D eigenvalue weighted by Gasteiger charge is 2.20. The van der Waals surface area contributed by atoms with Gasteiger partial charge in [0.25, 0.3) is 0 Å². The van der Waals surface area contributed by atoms with Crippen molar-refractivity contribution in [1.29, 1.82) is 0 Å². The highest BCUT2D eigenvalue weighted by Crippen LogP contribution is 2.26. The number of amides is 1. The van der Waals surface area contributed by atoms with Crippen LogP contribution in [0.3, 0.4) is 0 Å². The first kappa shape index (κ1) is 20.7. The van der Waals surface area contributed by atoms with E-state index in [9.17, 15) is 9.18 Å². The molecule has 33 heavy (non-hydrogen) atoms. The summed E-state index contributed by atoms with van der Waals surface area (Å²) in [4.78, 5) is 28.9. The van der Waals surface area contributed by atoms with Crippen molar-refractivity contribution < 1.29 is 19.1 Å². The van der Waals surface area contributed by atoms with Gasteiger partial charge in [-0.15, -0.1) is 0 Å². The number of H-pyrrole nitrogens is 2. The van der Waals surface area contributed by atoms with Crippen LogP contribution in [0.4, 0.5) is 4.39 Å². The Kier molecular flexibility index (Phi) is 5.29. The lowest BCUT2D eigenvalue weighted by Crippen LogP contribution is -2.29. The summed E-state index contributed by atoms with van der Waals surface area (Å²) in [6.45, 7) is 1.45. The summed E-state index contributed by atoms with van der Waals surface area (Å²) in [6, 6.07) is 7.89. The van der Waals surface area contributed by atoms with E-state index in [2.05, 4.69) is 25.1 Å². The van der Waals surface area contributed by atoms with Crippen LogP contribution >= 0.6 is 0 Å². The zero-order valence-corrected chi connectivity index (χ0v) is 17.6. The number of imidazole rings is 2. The highest BCUT2D eigenvalue weighted by atomic mass is 19.1. The van der Waals surface area contributed by atoms with E-state index < -0.39 is 5.82 Å². The van der Waals surface area contributed by atoms with Gasteiger partial charge in [0.2, 0.25) is 5.91 Å². The Labute approximate surface area is 187 Å². The van der Waals surface area contributed by atoms with Crippen LogP contribution < -0.4 is 10.5 Å². The predicted molar refractivity (Wildman–Crippen MR) is 119 cm³/mol. The number of halogens is 1. The molecule has 0 unspecified atom stereocenters. The summed E-state index contributed by atoms with van der Waals surface area (Å²) >= 11 is 0. The largest absolute Gasteiger partial charge is 0.489 e. The molecule has 11 heteroatoms. The van der Waals surface area contributed by atoms with Crippen molar-refractivity contribution in [2.24, 2.45) is 10.9 Å². The Bertz CT molecular complexity index is 1380. The Hall–Kier alpha value is -4.15. The minimum Gasteiger partial charge on any atom is -0.489 e. The molecule has 1 aliphatic rings. The number of likely N-dealkylation sites (tertiary alicyclic amines) is 1. The molecule has 1 amide bonds. The average molecular weight is 451 g/mol. The minimum absolute atomic E-state index is 0.00832. The molecular formula is C22H22FN7O3. The predicted octanol–water partition coefficient (Wildman–Crippen LogP) is 2.26. The number of carbonyl (C=O) groups is 1. The minimum atomic E-state index is -0.440. The summed E-state index contributed by atoms with van der Waals surface area (Å²) in [7, 11) is 0. The fraction of sp³-hybridized carbons (Fsp3) is 0.273. The van der Waals surface area contributed by atoms with Gasteiger partial charge in [0.1, 0.15) is 35.3 Å². The quantitative estimate of drug-likeness (QED) is 0.147. The number of amidine groups is 1. The molecule has 0 saturated carbocycles. The molecule has 4 aromatic rings. The second-order valence-electron chi connectivity index (χ2n) is 7.89. The molecule has 1 aliphatic heterocycles. The Balaban J connectivity index is 1.35. The smallest absolute Gasteiger partial charge is 0.222 e. The molecule has 5 rings (SSSR count). The highest BCUT2D eigenvalue weighted by molar-refractivity contribution is 5.99. The summed E-state index contributed by atoms with van der Waals surface area (Å²) in [5.74, 6) is 1.25. The third kappa shape index (κ3) is 4.16. The maximum absolute atomic E-state index is 14.1. The van der Waals surface area contributed by atoms with Crippen molar-refractivity contribution in [2.45, 2.75) is 19.3 Å². The molecule has 1 fully saturated rings. The van der Waals surface area contributed by atoms with Gasteiger partial charge in [-0.05, 0) is 30.7 Å². The number of benzene rings is 2. The normalized spacial score (nSPS) is 14.6. The first-order chi connectivity index (χ1) is 16.0. The number of aromatic nitrogens is 4. The van der Waals surface area contributed by atoms with Crippen LogP contribution in [-0.4, -0.2) is 61.5 Å². The van der Waals surface area contributed by atoms with Crippen molar-refractivity contribution in [3.63, 3.8) is 0 Å². The zero-order chi connectivity index (χ0) is 22.9. The first-order valence-corrected chi connectivity index (χ1v) is 10.6. The number of hydrogen-bond acceptors (Lipinski definition) is 6. The topological polar surface area (TPSA) is 146 Å². The van der Waals surface area contributed by atoms with Crippen molar-refractivity contribution in [2.75, 3.05) is 19.7 Å². The third-order valence-electron chi connectivity index (χ3n) is 5.62. The number of nitrogens with one attached hydrogen (secondary N) is 2. The van der Waals surface area contributed by atoms with Gasteiger partial charge in [0.15, 0.2) is 5.84 Å². The maximum Gasteiger partial charge on any atom is 0.222 e. The van der Waals surface area contributed by atoms with E-state index in [1.807, 2.05) is 0 Å². The van der Waals surface area contributed by atoms with Crippen LogP contribution in [0.2, 0.25) is 0 Å². The van der Waals surface area contributed by atoms with Crippen LogP contribution in [0.15, 0.2) is 35.5 Å². The lowest BCUT2D eigenvalue weighted by Gasteiger charge is -2.15. The second-order valence-corrected chi connectivity index (χ2v) is 7.89. The van der Waals surface area contributed by atoms with Gasteiger partial charge in [-0.3, -0.25) is 4.79 Å². The summed E-state index contributed by atoms with van der Waals surface area (Å²) in [5, 5.41) is 11.9. The second kappa shape index (κ2) is 8.41. The zero-order valence-electron chi connectivity index (χ0n) is 17.6. The van der Waals surface area contributed by atoms with E-state index in [1.54, 1.807) is 23.1 Å². The van der Waals surface area contributed by atoms with Gasteiger partial charge in [0, 0.05) is 24.6 Å². The molecule has 0 spiro atoms. The third-order valence-corrected chi connectivity index (χ3v) is 5.62. The SMILES string of the molecule is NC(=NO)c1ccc2nc(Cc3nc4c(OCCN5CCCC5=O)cc(F)cc4[nH]3)[nH]c2c1. The number of rotatable bonds is 7. The van der Waals surface area contributed by atoms with E-state index in [1.165, 1.54) is 12.1 Å². The van der Waals surface area contributed by atoms with Crippen molar-refractivity contribution in [3.8, 4) is 5.75 Å². The van der Waals surface area contributed by atoms with Gasteiger partial charge in [-0.25, -0.2) is 14.4 Å². The van der Waals surface area contributed by atoms with E-state index >= 15 is 0 Å². The van der Waals surface area contributed by atoms with Crippen molar-refractivity contribution in [3.05, 3.63) is 53.4 Å². The van der Waals surface area contributed by atoms with Crippen molar-refractivity contribution in [1.82, 2.24) is 24.8 Å². The number of carbonyl (C=O) groups excluding carboxylic acids is 1. The van der Waals surface area contributed by atoms with E-state index in [0.29, 0.717) is 53.4 Å². The summed E-state index contributed by atoms with van der Waals surface area (Å²) < 4.78 is 19.9. The Morgan fingerprint density at radius 1 is 1.21 bits per heavy atom. The molecule has 0 aliphatic carbocycles. The fourth-order valence-corrected chi connectivity index (χ4v) is 4.03. The van der Waals surface area contributed by atoms with E-state index in [0.717, 1.165) is 24.0 Å². The number of nitrogens with zero attached hydrogens (tertiary/aromatic N) is 4. The van der Waals surface area contributed by atoms with Crippen LogP contribution in [0.25, 0.3) is 22.1 Å². The standard InChI is InChI=1S/C22H22FN7O3/c23-13-9-16-21(17(10-13)33-7-6-30-5-1-2-20(30)31)28-19(27-16)11-18-25-14-4-3-12(22(24)29-32)8-15(14)26-18/h3-4,8-10,32H,1-2,5-7,11H2,(H2,24,29)(H,25,26)(H,27,28). The molecule has 170 valence electrons. The lowest BCUT2D eigenvalue weighted by molar-refractivity contribution is -0.128. The maximum atomic E-state index is 14.1. The van der Waals surface area contributed by atoms with Gasteiger partial charge in [0.05, 0.1) is 29.5 Å².